The van der Waals surface area contributed by atoms with Gasteiger partial charge in [0.05, 0.1) is 17.1 Å². The van der Waals surface area contributed by atoms with Crippen LogP contribution in [0.4, 0.5) is 10.5 Å². The van der Waals surface area contributed by atoms with E-state index in [2.05, 4.69) is 27.6 Å². The molecule has 1 unspecified atom stereocenters. The van der Waals surface area contributed by atoms with Crippen LogP contribution in [0.25, 0.3) is 11.3 Å². The van der Waals surface area contributed by atoms with Gasteiger partial charge in [-0.15, -0.1) is 0 Å². The molecule has 2 heterocycles. The van der Waals surface area contributed by atoms with Crippen LogP contribution >= 0.6 is 0 Å². The average Bonchev–Trinajstić information content (AvgIpc) is 3.43. The van der Waals surface area contributed by atoms with E-state index in [1.54, 1.807) is 105 Å². The summed E-state index contributed by atoms with van der Waals surface area (Å²) in [6, 6.07) is 17.8. The number of sulfone groups is 1. The third kappa shape index (κ3) is 8.89. The average molecular weight is 698 g/mol. The van der Waals surface area contributed by atoms with Crippen LogP contribution < -0.4 is 10.6 Å². The molecule has 1 saturated heterocycles. The second-order valence-electron chi connectivity index (χ2n) is 13.1. The number of aryl methyl sites for hydroxylation is 2. The summed E-state index contributed by atoms with van der Waals surface area (Å²) in [5.74, 6) is 4.04. The molecule has 0 aliphatic carbocycles. The standard InChI is InChI=1S/C37H39N5O7S/c1-24-11-18-31(43)29(21-24)32-27(22-41(5)40-32)15-12-25-13-16-28(17-14-25)38-34(44)30-23-50(47,48)20-19-42(30)35(45)33(26-9-7-6-8-10-26)39-36(46)49-37(2,3)4/h6-11,13-14,16-18,21-22,30,33,43H,19-20,23H2,1-5H3,(H,38,44)(H,39,46)/t30-,33?/m1/s1. The van der Waals surface area contributed by atoms with Crippen molar-refractivity contribution in [1.82, 2.24) is 20.0 Å². The summed E-state index contributed by atoms with van der Waals surface area (Å²) in [7, 11) is -1.88. The van der Waals surface area contributed by atoms with Gasteiger partial charge in [0.1, 0.15) is 29.1 Å². The molecule has 0 saturated carbocycles. The zero-order valence-electron chi connectivity index (χ0n) is 28.4. The molecule has 260 valence electrons. The van der Waals surface area contributed by atoms with Crippen LogP contribution in [0.1, 0.15) is 49.1 Å². The van der Waals surface area contributed by atoms with Crippen molar-refractivity contribution in [2.24, 2.45) is 7.05 Å². The Morgan fingerprint density at radius 3 is 2.40 bits per heavy atom. The summed E-state index contributed by atoms with van der Waals surface area (Å²) in [6.45, 7) is 6.76. The number of nitrogens with one attached hydrogen (secondary N) is 2. The fourth-order valence-electron chi connectivity index (χ4n) is 5.43. The Kier molecular flexibility index (Phi) is 10.3. The van der Waals surface area contributed by atoms with E-state index in [4.69, 9.17) is 4.74 Å². The number of carbonyl (C=O) groups excluding carboxylic acids is 3. The first-order valence-corrected chi connectivity index (χ1v) is 17.7. The predicted molar refractivity (Wildman–Crippen MR) is 189 cm³/mol. The van der Waals surface area contributed by atoms with E-state index in [0.29, 0.717) is 33.6 Å². The number of aromatic nitrogens is 2. The van der Waals surface area contributed by atoms with Gasteiger partial charge in [-0.2, -0.15) is 5.10 Å². The monoisotopic (exact) mass is 697 g/mol. The van der Waals surface area contributed by atoms with Crippen LogP contribution in [0.2, 0.25) is 0 Å². The highest BCUT2D eigenvalue weighted by Gasteiger charge is 2.42. The lowest BCUT2D eigenvalue weighted by Crippen LogP contribution is -2.58. The lowest BCUT2D eigenvalue weighted by Gasteiger charge is -2.37. The largest absolute Gasteiger partial charge is 0.507 e. The highest BCUT2D eigenvalue weighted by molar-refractivity contribution is 7.91. The van der Waals surface area contributed by atoms with Gasteiger partial charge in [-0.05, 0) is 69.7 Å². The number of anilines is 1. The maximum atomic E-state index is 14.0. The molecule has 0 spiro atoms. The maximum absolute atomic E-state index is 14.0. The van der Waals surface area contributed by atoms with Gasteiger partial charge in [0.15, 0.2) is 9.84 Å². The number of ether oxygens (including phenoxy) is 1. The molecule has 0 radical (unpaired) electrons. The minimum absolute atomic E-state index is 0.0957. The van der Waals surface area contributed by atoms with E-state index in [1.165, 1.54) is 4.90 Å². The highest BCUT2D eigenvalue weighted by atomic mass is 32.2. The van der Waals surface area contributed by atoms with Crippen LogP contribution in [0, 0.1) is 18.8 Å². The first-order chi connectivity index (χ1) is 23.6. The molecule has 3 N–H and O–H groups in total. The number of hydrogen-bond donors (Lipinski definition) is 3. The number of phenols is 1. The Hall–Kier alpha value is -5.61. The number of carbonyl (C=O) groups is 3. The second kappa shape index (κ2) is 14.5. The number of benzene rings is 3. The molecule has 1 fully saturated rings. The molecule has 1 aliphatic rings. The molecule has 4 aromatic rings. The SMILES string of the molecule is Cc1ccc(O)c(-c2nn(C)cc2C#Cc2ccc(NC(=O)[C@H]3CS(=O)(=O)CCN3C(=O)C(NC(=O)OC(C)(C)C)c3ccccc3)cc2)c1. The Balaban J connectivity index is 1.35. The van der Waals surface area contributed by atoms with Crippen molar-refractivity contribution < 1.29 is 32.6 Å². The summed E-state index contributed by atoms with van der Waals surface area (Å²) >= 11 is 0. The third-order valence-corrected chi connectivity index (χ3v) is 9.42. The van der Waals surface area contributed by atoms with Crippen molar-refractivity contribution in [3.63, 3.8) is 0 Å². The molecule has 0 bridgehead atoms. The van der Waals surface area contributed by atoms with Crippen molar-refractivity contribution >= 4 is 33.4 Å². The number of phenolic OH excluding ortho intramolecular Hbond substituents is 1. The van der Waals surface area contributed by atoms with Crippen molar-refractivity contribution in [1.29, 1.82) is 0 Å². The predicted octanol–water partition coefficient (Wildman–Crippen LogP) is 4.33. The number of rotatable bonds is 6. The van der Waals surface area contributed by atoms with Crippen molar-refractivity contribution in [2.45, 2.75) is 45.4 Å². The molecule has 1 aliphatic heterocycles. The first-order valence-electron chi connectivity index (χ1n) is 15.9. The fraction of sp³-hybridized carbons (Fsp3) is 0.297. The number of nitrogens with zero attached hydrogens (tertiary/aromatic N) is 3. The number of aromatic hydroxyl groups is 1. The van der Waals surface area contributed by atoms with Crippen molar-refractivity contribution in [3.8, 4) is 28.8 Å². The molecular weight excluding hydrogens is 659 g/mol. The molecule has 3 aromatic carbocycles. The van der Waals surface area contributed by atoms with Crippen molar-refractivity contribution in [2.75, 3.05) is 23.4 Å². The summed E-state index contributed by atoms with van der Waals surface area (Å²) in [4.78, 5) is 41.6. The molecule has 12 nitrogen and oxygen atoms in total. The van der Waals surface area contributed by atoms with Crippen LogP contribution in [0.5, 0.6) is 5.75 Å². The van der Waals surface area contributed by atoms with E-state index >= 15 is 0 Å². The number of hydrogen-bond acceptors (Lipinski definition) is 8. The van der Waals surface area contributed by atoms with Gasteiger partial charge in [-0.3, -0.25) is 14.3 Å². The maximum Gasteiger partial charge on any atom is 0.408 e. The Morgan fingerprint density at radius 2 is 1.72 bits per heavy atom. The van der Waals surface area contributed by atoms with Gasteiger partial charge in [-0.1, -0.05) is 53.8 Å². The number of amides is 3. The van der Waals surface area contributed by atoms with E-state index in [0.717, 1.165) is 5.56 Å². The van der Waals surface area contributed by atoms with Crippen LogP contribution in [-0.4, -0.2) is 75.8 Å². The van der Waals surface area contributed by atoms with Crippen LogP contribution in [0.15, 0.2) is 79.0 Å². The highest BCUT2D eigenvalue weighted by Crippen LogP contribution is 2.31. The lowest BCUT2D eigenvalue weighted by atomic mass is 10.0. The zero-order valence-corrected chi connectivity index (χ0v) is 29.2. The molecule has 13 heteroatoms. The third-order valence-electron chi connectivity index (χ3n) is 7.79. The van der Waals surface area contributed by atoms with Gasteiger partial charge >= 0.3 is 6.09 Å². The molecule has 1 aromatic heterocycles. The molecular formula is C37H39N5O7S. The Morgan fingerprint density at radius 1 is 1.02 bits per heavy atom. The smallest absolute Gasteiger partial charge is 0.408 e. The molecule has 50 heavy (non-hydrogen) atoms. The van der Waals surface area contributed by atoms with Crippen LogP contribution in [0.3, 0.4) is 0 Å². The first kappa shape index (κ1) is 35.7. The molecule has 2 atom stereocenters. The van der Waals surface area contributed by atoms with Gasteiger partial charge < -0.3 is 25.4 Å². The van der Waals surface area contributed by atoms with E-state index in [9.17, 15) is 27.9 Å². The van der Waals surface area contributed by atoms with E-state index in [-0.39, 0.29) is 18.0 Å². The van der Waals surface area contributed by atoms with E-state index < -0.39 is 51.2 Å². The summed E-state index contributed by atoms with van der Waals surface area (Å²) in [5, 5.41) is 20.2. The van der Waals surface area contributed by atoms with Gasteiger partial charge in [-0.25, -0.2) is 13.2 Å². The zero-order chi connectivity index (χ0) is 36.2. The second-order valence-corrected chi connectivity index (χ2v) is 15.3. The van der Waals surface area contributed by atoms with E-state index in [1.807, 2.05) is 13.0 Å². The van der Waals surface area contributed by atoms with Gasteiger partial charge in [0.2, 0.25) is 5.91 Å². The van der Waals surface area contributed by atoms with Crippen molar-refractivity contribution in [3.05, 3.63) is 101 Å². The quantitative estimate of drug-likeness (QED) is 0.251. The summed E-state index contributed by atoms with van der Waals surface area (Å²) in [5.41, 5.74) is 3.31. The Bertz CT molecular complexity index is 2080. The normalized spacial score (nSPS) is 16.0. The molecule has 3 amide bonds. The van der Waals surface area contributed by atoms with Gasteiger partial charge in [0.25, 0.3) is 5.91 Å². The topological polar surface area (TPSA) is 160 Å². The van der Waals surface area contributed by atoms with Crippen LogP contribution in [-0.2, 0) is 31.2 Å². The Labute approximate surface area is 291 Å². The minimum Gasteiger partial charge on any atom is -0.507 e. The lowest BCUT2D eigenvalue weighted by molar-refractivity contribution is -0.139. The number of alkyl carbamates (subject to hydrolysis) is 1. The fourth-order valence-corrected chi connectivity index (χ4v) is 6.89. The summed E-state index contributed by atoms with van der Waals surface area (Å²) in [6.07, 6.45) is 0.927. The minimum atomic E-state index is -3.65. The summed E-state index contributed by atoms with van der Waals surface area (Å²) < 4.78 is 32.4. The van der Waals surface area contributed by atoms with Gasteiger partial charge in [0, 0.05) is 36.6 Å². The molecule has 5 rings (SSSR count).